The van der Waals surface area contributed by atoms with E-state index in [-0.39, 0.29) is 23.4 Å². The summed E-state index contributed by atoms with van der Waals surface area (Å²) in [4.78, 5) is 32.0. The van der Waals surface area contributed by atoms with E-state index in [0.29, 0.717) is 34.3 Å². The SMILES string of the molecule is COC(=O)CSc1nc2sc3c(c2c(=O)n1-c1ccc(C)cc1)C[C@H](C(C)C)OC3. The Hall–Kier alpha value is -2.16. The van der Waals surface area contributed by atoms with Crippen LogP contribution in [0.2, 0.25) is 0 Å². The van der Waals surface area contributed by atoms with E-state index in [4.69, 9.17) is 14.5 Å². The number of benzene rings is 1. The number of thiophene rings is 1. The van der Waals surface area contributed by atoms with Gasteiger partial charge in [0, 0.05) is 11.3 Å². The number of ether oxygens (including phenoxy) is 2. The summed E-state index contributed by atoms with van der Waals surface area (Å²) in [5.41, 5.74) is 2.80. The molecule has 0 spiro atoms. The fourth-order valence-corrected chi connectivity index (χ4v) is 5.55. The second kappa shape index (κ2) is 8.53. The van der Waals surface area contributed by atoms with E-state index in [1.807, 2.05) is 31.2 Å². The third kappa shape index (κ3) is 3.91. The van der Waals surface area contributed by atoms with Crippen molar-refractivity contribution in [1.29, 1.82) is 0 Å². The Bertz CT molecular complexity index is 1150. The van der Waals surface area contributed by atoms with Gasteiger partial charge in [-0.25, -0.2) is 4.98 Å². The van der Waals surface area contributed by atoms with Crippen LogP contribution < -0.4 is 5.56 Å². The van der Waals surface area contributed by atoms with Crippen LogP contribution in [0.1, 0.15) is 29.9 Å². The zero-order valence-corrected chi connectivity index (χ0v) is 19.1. The number of rotatable bonds is 5. The van der Waals surface area contributed by atoms with Gasteiger partial charge in [-0.05, 0) is 30.5 Å². The number of aryl methyl sites for hydroxylation is 1. The van der Waals surface area contributed by atoms with Crippen molar-refractivity contribution >= 4 is 39.3 Å². The number of nitrogens with zero attached hydrogens (tertiary/aromatic N) is 2. The van der Waals surface area contributed by atoms with Crippen molar-refractivity contribution in [2.45, 2.75) is 45.1 Å². The van der Waals surface area contributed by atoms with Crippen molar-refractivity contribution in [2.24, 2.45) is 5.92 Å². The van der Waals surface area contributed by atoms with Gasteiger partial charge in [-0.3, -0.25) is 14.2 Å². The minimum atomic E-state index is -0.358. The molecule has 6 nitrogen and oxygen atoms in total. The zero-order chi connectivity index (χ0) is 21.4. The zero-order valence-electron chi connectivity index (χ0n) is 17.4. The van der Waals surface area contributed by atoms with Crippen LogP contribution in [-0.2, 0) is 27.3 Å². The van der Waals surface area contributed by atoms with E-state index >= 15 is 0 Å². The second-order valence-corrected chi connectivity index (χ2v) is 9.74. The molecular formula is C22H24N2O4S2. The van der Waals surface area contributed by atoms with Crippen LogP contribution >= 0.6 is 23.1 Å². The number of aromatic nitrogens is 2. The van der Waals surface area contributed by atoms with Gasteiger partial charge in [0.25, 0.3) is 5.56 Å². The molecule has 0 N–H and O–H groups in total. The highest BCUT2D eigenvalue weighted by Crippen LogP contribution is 2.36. The van der Waals surface area contributed by atoms with Crippen molar-refractivity contribution < 1.29 is 14.3 Å². The summed E-state index contributed by atoms with van der Waals surface area (Å²) in [6, 6.07) is 7.75. The van der Waals surface area contributed by atoms with Gasteiger partial charge in [-0.1, -0.05) is 43.3 Å². The van der Waals surface area contributed by atoms with Crippen LogP contribution in [0.15, 0.2) is 34.2 Å². The van der Waals surface area contributed by atoms with E-state index in [0.717, 1.165) is 21.7 Å². The Labute approximate surface area is 183 Å². The maximum absolute atomic E-state index is 13.7. The molecule has 30 heavy (non-hydrogen) atoms. The number of carbonyl (C=O) groups excluding carboxylic acids is 1. The van der Waals surface area contributed by atoms with E-state index < -0.39 is 0 Å². The number of hydrogen-bond donors (Lipinski definition) is 0. The maximum Gasteiger partial charge on any atom is 0.316 e. The quantitative estimate of drug-likeness (QED) is 0.335. The Morgan fingerprint density at radius 1 is 1.37 bits per heavy atom. The lowest BCUT2D eigenvalue weighted by Crippen LogP contribution is -2.28. The minimum absolute atomic E-state index is 0.0872. The summed E-state index contributed by atoms with van der Waals surface area (Å²) >= 11 is 2.72. The lowest BCUT2D eigenvalue weighted by Gasteiger charge is -2.26. The number of methoxy groups -OCH3 is 1. The predicted molar refractivity (Wildman–Crippen MR) is 120 cm³/mol. The topological polar surface area (TPSA) is 70.4 Å². The molecule has 0 saturated heterocycles. The largest absolute Gasteiger partial charge is 0.468 e. The summed E-state index contributed by atoms with van der Waals surface area (Å²) < 4.78 is 12.4. The summed E-state index contributed by atoms with van der Waals surface area (Å²) in [7, 11) is 1.35. The van der Waals surface area contributed by atoms with E-state index in [1.165, 1.54) is 30.2 Å². The van der Waals surface area contributed by atoms with E-state index in [1.54, 1.807) is 4.57 Å². The molecule has 3 heterocycles. The molecule has 0 unspecified atom stereocenters. The molecular weight excluding hydrogens is 420 g/mol. The van der Waals surface area contributed by atoms with Crippen LogP contribution in [0.3, 0.4) is 0 Å². The smallest absolute Gasteiger partial charge is 0.316 e. The molecule has 2 aromatic heterocycles. The lowest BCUT2D eigenvalue weighted by atomic mass is 9.96. The average Bonchev–Trinajstić information content (AvgIpc) is 3.10. The molecule has 3 aromatic rings. The second-order valence-electron chi connectivity index (χ2n) is 7.72. The predicted octanol–water partition coefficient (Wildman–Crippen LogP) is 4.12. The van der Waals surface area contributed by atoms with Gasteiger partial charge in [0.05, 0.1) is 36.6 Å². The summed E-state index contributed by atoms with van der Waals surface area (Å²) in [5, 5.41) is 1.16. The van der Waals surface area contributed by atoms with Crippen molar-refractivity contribution in [3.05, 3.63) is 50.6 Å². The van der Waals surface area contributed by atoms with Crippen molar-refractivity contribution in [3.8, 4) is 5.69 Å². The first kappa shape index (κ1) is 21.1. The fourth-order valence-electron chi connectivity index (χ4n) is 3.54. The molecule has 1 aliphatic heterocycles. The molecule has 0 radical (unpaired) electrons. The normalized spacial score (nSPS) is 16.1. The number of carbonyl (C=O) groups is 1. The molecule has 8 heteroatoms. The number of thioether (sulfide) groups is 1. The average molecular weight is 445 g/mol. The maximum atomic E-state index is 13.7. The van der Waals surface area contributed by atoms with Crippen LogP contribution in [0.4, 0.5) is 0 Å². The molecule has 1 aromatic carbocycles. The summed E-state index contributed by atoms with van der Waals surface area (Å²) in [5.74, 6) is 0.0999. The first-order chi connectivity index (χ1) is 14.4. The van der Waals surface area contributed by atoms with Crippen molar-refractivity contribution in [2.75, 3.05) is 12.9 Å². The highest BCUT2D eigenvalue weighted by Gasteiger charge is 2.28. The molecule has 4 rings (SSSR count). The molecule has 0 bridgehead atoms. The van der Waals surface area contributed by atoms with Crippen molar-refractivity contribution in [3.63, 3.8) is 0 Å². The van der Waals surface area contributed by atoms with Gasteiger partial charge in [0.15, 0.2) is 5.16 Å². The standard InChI is InChI=1S/C22H24N2O4S2/c1-12(2)16-9-15-17(10-28-16)30-20-19(15)21(26)24(14-7-5-13(3)6-8-14)22(23-20)29-11-18(25)27-4/h5-8,12,16H,9-11H2,1-4H3/t16-/m1/s1. The Morgan fingerprint density at radius 2 is 2.10 bits per heavy atom. The molecule has 0 amide bonds. The first-order valence-electron chi connectivity index (χ1n) is 9.84. The number of fused-ring (bicyclic) bond motifs is 3. The van der Waals surface area contributed by atoms with Gasteiger partial charge >= 0.3 is 5.97 Å². The van der Waals surface area contributed by atoms with Gasteiger partial charge < -0.3 is 9.47 Å². The van der Waals surface area contributed by atoms with Gasteiger partial charge in [0.1, 0.15) is 4.83 Å². The molecule has 0 saturated carbocycles. The monoisotopic (exact) mass is 444 g/mol. The Balaban J connectivity index is 1.90. The fraction of sp³-hybridized carbons (Fsp3) is 0.409. The molecule has 0 fully saturated rings. The van der Waals surface area contributed by atoms with Gasteiger partial charge in [0.2, 0.25) is 0 Å². The minimum Gasteiger partial charge on any atom is -0.468 e. The highest BCUT2D eigenvalue weighted by atomic mass is 32.2. The van der Waals surface area contributed by atoms with Crippen LogP contribution in [-0.4, -0.2) is 34.5 Å². The lowest BCUT2D eigenvalue weighted by molar-refractivity contribution is -0.137. The Morgan fingerprint density at radius 3 is 2.77 bits per heavy atom. The Kier molecular flexibility index (Phi) is 5.99. The van der Waals surface area contributed by atoms with Crippen LogP contribution in [0, 0.1) is 12.8 Å². The first-order valence-corrected chi connectivity index (χ1v) is 11.6. The third-order valence-corrected chi connectivity index (χ3v) is 7.31. The molecule has 0 aliphatic carbocycles. The summed E-state index contributed by atoms with van der Waals surface area (Å²) in [6.07, 6.45) is 0.808. The van der Waals surface area contributed by atoms with Gasteiger partial charge in [-0.15, -0.1) is 11.3 Å². The van der Waals surface area contributed by atoms with E-state index in [9.17, 15) is 9.59 Å². The van der Waals surface area contributed by atoms with Crippen LogP contribution in [0.25, 0.3) is 15.9 Å². The summed E-state index contributed by atoms with van der Waals surface area (Å²) in [6.45, 7) is 6.78. The molecule has 1 atom stereocenters. The third-order valence-electron chi connectivity index (χ3n) is 5.29. The molecule has 158 valence electrons. The van der Waals surface area contributed by atoms with Gasteiger partial charge in [-0.2, -0.15) is 0 Å². The highest BCUT2D eigenvalue weighted by molar-refractivity contribution is 7.99. The molecule has 1 aliphatic rings. The van der Waals surface area contributed by atoms with E-state index in [2.05, 4.69) is 13.8 Å². The van der Waals surface area contributed by atoms with Crippen LogP contribution in [0.5, 0.6) is 0 Å². The number of esters is 1. The van der Waals surface area contributed by atoms with Crippen molar-refractivity contribution in [1.82, 2.24) is 9.55 Å². The number of hydrogen-bond acceptors (Lipinski definition) is 7.